The van der Waals surface area contributed by atoms with Crippen LogP contribution in [0.15, 0.2) is 53.0 Å². The van der Waals surface area contributed by atoms with E-state index in [1.165, 1.54) is 7.11 Å². The molecule has 1 amide bonds. The van der Waals surface area contributed by atoms with E-state index >= 15 is 0 Å². The van der Waals surface area contributed by atoms with E-state index in [9.17, 15) is 28.1 Å². The number of carbonyl (C=O) groups excluding carboxylic acids is 1. The third-order valence-corrected chi connectivity index (χ3v) is 7.16. The Labute approximate surface area is 223 Å². The fourth-order valence-electron chi connectivity index (χ4n) is 4.16. The van der Waals surface area contributed by atoms with Gasteiger partial charge in [0.15, 0.2) is 5.11 Å². The molecule has 0 atom stereocenters. The normalized spacial score (nSPS) is 14.0. The molecule has 0 radical (unpaired) electrons. The van der Waals surface area contributed by atoms with Crippen LogP contribution in [0.2, 0.25) is 0 Å². The van der Waals surface area contributed by atoms with E-state index < -0.39 is 28.3 Å². The zero-order valence-corrected chi connectivity index (χ0v) is 21.7. The van der Waals surface area contributed by atoms with E-state index in [2.05, 4.69) is 21.2 Å². The summed E-state index contributed by atoms with van der Waals surface area (Å²) in [4.78, 5) is 27.1. The van der Waals surface area contributed by atoms with Gasteiger partial charge in [0.05, 0.1) is 27.6 Å². The minimum Gasteiger partial charge on any atom is -0.495 e. The summed E-state index contributed by atoms with van der Waals surface area (Å²) in [7, 11) is 1.46. The largest absolute Gasteiger partial charge is 0.495 e. The van der Waals surface area contributed by atoms with Crippen molar-refractivity contribution in [2.45, 2.75) is 6.18 Å². The van der Waals surface area contributed by atoms with Gasteiger partial charge in [-0.15, -0.1) is 0 Å². The average molecular weight is 597 g/mol. The SMILES string of the molecule is COc1c(C(=O)NC(=S)N2CCN(c3ccc(C(F)(F)F)cc3[N+](=O)[O-])CC2)cc2ccccc2c1Br. The molecule has 0 aromatic heterocycles. The number of thiocarbonyl (C=S) groups is 1. The van der Waals surface area contributed by atoms with Crippen molar-refractivity contribution in [1.29, 1.82) is 0 Å². The Kier molecular flexibility index (Phi) is 7.55. The Balaban J connectivity index is 1.46. The number of halogens is 4. The lowest BCUT2D eigenvalue weighted by Crippen LogP contribution is -2.52. The second kappa shape index (κ2) is 10.5. The van der Waals surface area contributed by atoms with Gasteiger partial charge in [-0.3, -0.25) is 20.2 Å². The molecule has 0 bridgehead atoms. The number of benzene rings is 3. The predicted molar refractivity (Wildman–Crippen MR) is 140 cm³/mol. The van der Waals surface area contributed by atoms with Crippen LogP contribution >= 0.6 is 28.1 Å². The monoisotopic (exact) mass is 596 g/mol. The van der Waals surface area contributed by atoms with Gasteiger partial charge in [-0.2, -0.15) is 13.2 Å². The smallest absolute Gasteiger partial charge is 0.416 e. The minimum atomic E-state index is -4.68. The number of anilines is 1. The summed E-state index contributed by atoms with van der Waals surface area (Å²) in [5.41, 5.74) is -1.32. The molecule has 3 aromatic rings. The van der Waals surface area contributed by atoms with Gasteiger partial charge in [0, 0.05) is 32.2 Å². The topological polar surface area (TPSA) is 88.0 Å². The molecule has 1 N–H and O–H groups in total. The van der Waals surface area contributed by atoms with Gasteiger partial charge in [0.2, 0.25) is 0 Å². The highest BCUT2D eigenvalue weighted by Crippen LogP contribution is 2.38. The first-order chi connectivity index (χ1) is 17.5. The molecule has 1 heterocycles. The first-order valence-corrected chi connectivity index (χ1v) is 12.2. The highest BCUT2D eigenvalue weighted by molar-refractivity contribution is 9.10. The first kappa shape index (κ1) is 26.6. The number of amides is 1. The maximum atomic E-state index is 13.1. The van der Waals surface area contributed by atoms with Crippen molar-refractivity contribution < 1.29 is 27.6 Å². The summed E-state index contributed by atoms with van der Waals surface area (Å²) in [6.45, 7) is 1.12. The molecular formula is C24H20BrF3N4O4S. The number of piperazine rings is 1. The summed E-state index contributed by atoms with van der Waals surface area (Å²) in [5.74, 6) is -0.104. The van der Waals surface area contributed by atoms with Gasteiger partial charge >= 0.3 is 6.18 Å². The summed E-state index contributed by atoms with van der Waals surface area (Å²) in [5, 5.41) is 16.0. The van der Waals surface area contributed by atoms with Crippen LogP contribution in [-0.2, 0) is 6.18 Å². The van der Waals surface area contributed by atoms with Gasteiger partial charge < -0.3 is 14.5 Å². The van der Waals surface area contributed by atoms with E-state index in [0.717, 1.165) is 22.9 Å². The van der Waals surface area contributed by atoms with Crippen molar-refractivity contribution in [2.24, 2.45) is 0 Å². The summed E-state index contributed by atoms with van der Waals surface area (Å²) in [6.07, 6.45) is -4.68. The van der Waals surface area contributed by atoms with E-state index in [0.29, 0.717) is 29.4 Å². The fourth-order valence-corrected chi connectivity index (χ4v) is 5.17. The first-order valence-electron chi connectivity index (χ1n) is 11.0. The zero-order chi connectivity index (χ0) is 26.9. The van der Waals surface area contributed by atoms with Gasteiger partial charge in [-0.25, -0.2) is 0 Å². The number of fused-ring (bicyclic) bond motifs is 1. The van der Waals surface area contributed by atoms with Crippen molar-refractivity contribution >= 4 is 61.3 Å². The maximum Gasteiger partial charge on any atom is 0.416 e. The van der Waals surface area contributed by atoms with Gasteiger partial charge in [0.25, 0.3) is 11.6 Å². The number of carbonyl (C=O) groups is 1. The summed E-state index contributed by atoms with van der Waals surface area (Å²) < 4.78 is 45.1. The lowest BCUT2D eigenvalue weighted by Gasteiger charge is -2.37. The average Bonchev–Trinajstić information content (AvgIpc) is 2.87. The number of nitrogens with one attached hydrogen (secondary N) is 1. The maximum absolute atomic E-state index is 13.1. The molecule has 1 aliphatic rings. The number of hydrogen-bond donors (Lipinski definition) is 1. The highest BCUT2D eigenvalue weighted by Gasteiger charge is 2.34. The van der Waals surface area contributed by atoms with E-state index in [4.69, 9.17) is 17.0 Å². The Hall–Kier alpha value is -3.45. The van der Waals surface area contributed by atoms with Crippen molar-refractivity contribution in [2.75, 3.05) is 38.2 Å². The second-order valence-electron chi connectivity index (χ2n) is 8.18. The van der Waals surface area contributed by atoms with Crippen LogP contribution in [0, 0.1) is 10.1 Å². The van der Waals surface area contributed by atoms with Crippen LogP contribution < -0.4 is 15.0 Å². The zero-order valence-electron chi connectivity index (χ0n) is 19.3. The lowest BCUT2D eigenvalue weighted by molar-refractivity contribution is -0.384. The Morgan fingerprint density at radius 2 is 1.81 bits per heavy atom. The number of rotatable bonds is 4. The Morgan fingerprint density at radius 3 is 2.43 bits per heavy atom. The Morgan fingerprint density at radius 1 is 1.14 bits per heavy atom. The number of alkyl halides is 3. The van der Waals surface area contributed by atoms with Gasteiger partial charge in [0.1, 0.15) is 11.4 Å². The Bertz CT molecular complexity index is 1390. The van der Waals surface area contributed by atoms with E-state index in [-0.39, 0.29) is 29.5 Å². The molecule has 0 unspecified atom stereocenters. The van der Waals surface area contributed by atoms with Crippen molar-refractivity contribution in [1.82, 2.24) is 10.2 Å². The quantitative estimate of drug-likeness (QED) is 0.246. The second-order valence-corrected chi connectivity index (χ2v) is 9.36. The molecule has 3 aromatic carbocycles. The predicted octanol–water partition coefficient (Wildman–Crippen LogP) is 5.37. The third kappa shape index (κ3) is 5.47. The van der Waals surface area contributed by atoms with Gasteiger partial charge in [-0.1, -0.05) is 24.3 Å². The molecule has 1 saturated heterocycles. The molecule has 13 heteroatoms. The molecule has 194 valence electrons. The molecule has 4 rings (SSSR count). The van der Waals surface area contributed by atoms with Crippen LogP contribution in [-0.4, -0.2) is 54.1 Å². The van der Waals surface area contributed by atoms with Crippen LogP contribution in [0.1, 0.15) is 15.9 Å². The molecule has 0 spiro atoms. The number of nitro groups is 1. The number of methoxy groups -OCH3 is 1. The van der Waals surface area contributed by atoms with Crippen LogP contribution in [0.4, 0.5) is 24.5 Å². The highest BCUT2D eigenvalue weighted by atomic mass is 79.9. The van der Waals surface area contributed by atoms with E-state index in [1.807, 2.05) is 24.3 Å². The fraction of sp³-hybridized carbons (Fsp3) is 0.250. The standard InChI is InChI=1S/C24H20BrF3N4O4S/c1-36-21-17(12-14-4-2-3-5-16(14)20(21)25)22(33)29-23(37)31-10-8-30(9-11-31)18-7-6-15(24(26,27)28)13-19(18)32(34)35/h2-7,12-13H,8-11H2,1H3,(H,29,33,37). The van der Waals surface area contributed by atoms with Crippen molar-refractivity contribution in [3.8, 4) is 5.75 Å². The molecule has 1 aliphatic heterocycles. The summed E-state index contributed by atoms with van der Waals surface area (Å²) in [6, 6.07) is 11.7. The van der Waals surface area contributed by atoms with Crippen LogP contribution in [0.3, 0.4) is 0 Å². The van der Waals surface area contributed by atoms with Crippen molar-refractivity contribution in [3.05, 3.63) is 74.2 Å². The molecule has 0 aliphatic carbocycles. The van der Waals surface area contributed by atoms with Gasteiger partial charge in [-0.05, 0) is 57.1 Å². The van der Waals surface area contributed by atoms with Crippen molar-refractivity contribution in [3.63, 3.8) is 0 Å². The lowest BCUT2D eigenvalue weighted by atomic mass is 10.1. The molecule has 37 heavy (non-hydrogen) atoms. The number of nitrogens with zero attached hydrogens (tertiary/aromatic N) is 3. The van der Waals surface area contributed by atoms with Crippen LogP contribution in [0.5, 0.6) is 5.75 Å². The summed E-state index contributed by atoms with van der Waals surface area (Å²) >= 11 is 8.93. The number of hydrogen-bond acceptors (Lipinski definition) is 6. The molecular weight excluding hydrogens is 577 g/mol. The minimum absolute atomic E-state index is 0.0957. The van der Waals surface area contributed by atoms with E-state index in [1.54, 1.807) is 15.9 Å². The number of ether oxygens (including phenoxy) is 1. The molecule has 8 nitrogen and oxygen atoms in total. The third-order valence-electron chi connectivity index (χ3n) is 6.02. The molecule has 0 saturated carbocycles. The number of nitro benzene ring substituents is 1. The van der Waals surface area contributed by atoms with Crippen LogP contribution in [0.25, 0.3) is 10.8 Å². The molecule has 1 fully saturated rings.